The van der Waals surface area contributed by atoms with Gasteiger partial charge in [0.05, 0.1) is 6.20 Å². The van der Waals surface area contributed by atoms with E-state index in [9.17, 15) is 18.4 Å². The minimum atomic E-state index is -2.75. The van der Waals surface area contributed by atoms with Crippen molar-refractivity contribution in [2.24, 2.45) is 20.0 Å². The van der Waals surface area contributed by atoms with Crippen LogP contribution in [0, 0.1) is 12.8 Å². The second-order valence-corrected chi connectivity index (χ2v) is 9.10. The molecular weight excluding hydrogens is 456 g/mol. The van der Waals surface area contributed by atoms with Gasteiger partial charge in [0.25, 0.3) is 5.91 Å². The van der Waals surface area contributed by atoms with Gasteiger partial charge in [0.2, 0.25) is 11.8 Å². The molecule has 0 radical (unpaired) electrons. The largest absolute Gasteiger partial charge is 0.339 e. The molecule has 1 atom stereocenters. The monoisotopic (exact) mass is 485 g/mol. The van der Waals surface area contributed by atoms with Gasteiger partial charge in [0, 0.05) is 51.4 Å². The molecule has 11 heteroatoms. The SMILES string of the molecule is Cc1cnn(C)c1Cc1ccnc(NC(=O)C(NC(=O)c2ccnn2C)C2CCC(F)(F)CC2)c1. The van der Waals surface area contributed by atoms with Crippen molar-refractivity contribution in [3.8, 4) is 0 Å². The summed E-state index contributed by atoms with van der Waals surface area (Å²) in [6.07, 6.45) is 5.09. The number of hydrogen-bond acceptors (Lipinski definition) is 5. The van der Waals surface area contributed by atoms with Crippen molar-refractivity contribution < 1.29 is 18.4 Å². The van der Waals surface area contributed by atoms with E-state index in [1.165, 1.54) is 16.9 Å². The number of nitrogens with one attached hydrogen (secondary N) is 2. The van der Waals surface area contributed by atoms with Crippen LogP contribution in [0.15, 0.2) is 36.8 Å². The van der Waals surface area contributed by atoms with E-state index < -0.39 is 29.7 Å². The lowest BCUT2D eigenvalue weighted by molar-refractivity contribution is -0.121. The van der Waals surface area contributed by atoms with E-state index in [2.05, 4.69) is 25.8 Å². The summed E-state index contributed by atoms with van der Waals surface area (Å²) in [5, 5.41) is 13.8. The first-order valence-electron chi connectivity index (χ1n) is 11.5. The molecule has 0 spiro atoms. The number of pyridine rings is 1. The molecule has 0 bridgehead atoms. The Morgan fingerprint density at radius 3 is 2.51 bits per heavy atom. The van der Waals surface area contributed by atoms with Crippen molar-refractivity contribution in [1.29, 1.82) is 0 Å². The van der Waals surface area contributed by atoms with Crippen LogP contribution < -0.4 is 10.6 Å². The third-order valence-electron chi connectivity index (χ3n) is 6.57. The summed E-state index contributed by atoms with van der Waals surface area (Å²) in [5.74, 6) is -3.82. The molecular formula is C24H29F2N7O2. The van der Waals surface area contributed by atoms with E-state index in [4.69, 9.17) is 0 Å². The summed E-state index contributed by atoms with van der Waals surface area (Å²) in [5.41, 5.74) is 3.30. The lowest BCUT2D eigenvalue weighted by Crippen LogP contribution is -2.50. The molecule has 35 heavy (non-hydrogen) atoms. The maximum absolute atomic E-state index is 13.8. The first-order valence-corrected chi connectivity index (χ1v) is 11.5. The van der Waals surface area contributed by atoms with Crippen LogP contribution in [0.3, 0.4) is 0 Å². The van der Waals surface area contributed by atoms with Gasteiger partial charge in [-0.05, 0) is 55.0 Å². The predicted octanol–water partition coefficient (Wildman–Crippen LogP) is 3.01. The zero-order chi connectivity index (χ0) is 25.2. The van der Waals surface area contributed by atoms with Crippen molar-refractivity contribution in [2.75, 3.05) is 5.32 Å². The minimum absolute atomic E-state index is 0.129. The molecule has 1 aliphatic rings. The molecule has 2 N–H and O–H groups in total. The Balaban J connectivity index is 1.51. The second kappa shape index (κ2) is 9.93. The average molecular weight is 486 g/mol. The number of rotatable bonds is 7. The number of aromatic nitrogens is 5. The van der Waals surface area contributed by atoms with Crippen molar-refractivity contribution >= 4 is 17.6 Å². The number of nitrogens with zero attached hydrogens (tertiary/aromatic N) is 5. The number of halogens is 2. The van der Waals surface area contributed by atoms with Crippen LogP contribution >= 0.6 is 0 Å². The number of alkyl halides is 2. The van der Waals surface area contributed by atoms with Crippen LogP contribution in [0.2, 0.25) is 0 Å². The van der Waals surface area contributed by atoms with E-state index in [0.717, 1.165) is 16.8 Å². The topological polar surface area (TPSA) is 107 Å². The second-order valence-electron chi connectivity index (χ2n) is 9.10. The van der Waals surface area contributed by atoms with Crippen LogP contribution in [0.5, 0.6) is 0 Å². The molecule has 1 aliphatic carbocycles. The van der Waals surface area contributed by atoms with E-state index in [0.29, 0.717) is 12.2 Å². The Labute approximate surface area is 201 Å². The number of hydrogen-bond donors (Lipinski definition) is 2. The summed E-state index contributed by atoms with van der Waals surface area (Å²) in [6, 6.07) is 4.16. The van der Waals surface area contributed by atoms with Gasteiger partial charge in [0.1, 0.15) is 17.6 Å². The van der Waals surface area contributed by atoms with Crippen molar-refractivity contribution in [2.45, 2.75) is 51.0 Å². The highest BCUT2D eigenvalue weighted by Gasteiger charge is 2.40. The first-order chi connectivity index (χ1) is 16.6. The lowest BCUT2D eigenvalue weighted by atomic mass is 9.81. The summed E-state index contributed by atoms with van der Waals surface area (Å²) in [7, 11) is 3.49. The van der Waals surface area contributed by atoms with E-state index in [1.807, 2.05) is 20.0 Å². The lowest BCUT2D eigenvalue weighted by Gasteiger charge is -2.33. The zero-order valence-corrected chi connectivity index (χ0v) is 20.0. The van der Waals surface area contributed by atoms with Crippen molar-refractivity contribution in [1.82, 2.24) is 29.9 Å². The molecule has 0 aromatic carbocycles. The molecule has 3 heterocycles. The maximum atomic E-state index is 13.8. The number of carbonyl (C=O) groups is 2. The van der Waals surface area contributed by atoms with Gasteiger partial charge in [-0.15, -0.1) is 0 Å². The fraction of sp³-hybridized carbons (Fsp3) is 0.458. The van der Waals surface area contributed by atoms with Crippen LogP contribution in [0.4, 0.5) is 14.6 Å². The van der Waals surface area contributed by atoms with Gasteiger partial charge in [-0.3, -0.25) is 19.0 Å². The Hall–Kier alpha value is -3.63. The molecule has 0 saturated heterocycles. The molecule has 3 aromatic rings. The van der Waals surface area contributed by atoms with E-state index >= 15 is 0 Å². The standard InChI is InChI=1S/C24H29F2N7O2/c1-15-14-29-33(3)19(15)12-16-6-10-27-20(13-16)30-23(35)21(17-4-8-24(25,26)9-5-17)31-22(34)18-7-11-28-32(18)2/h6-7,10-11,13-14,17,21H,4-5,8-9,12H2,1-3H3,(H,31,34)(H,27,30,35). The van der Waals surface area contributed by atoms with Crippen LogP contribution in [0.25, 0.3) is 0 Å². The highest BCUT2D eigenvalue weighted by atomic mass is 19.3. The zero-order valence-electron chi connectivity index (χ0n) is 20.0. The maximum Gasteiger partial charge on any atom is 0.270 e. The summed E-state index contributed by atoms with van der Waals surface area (Å²) in [6.45, 7) is 1.98. The minimum Gasteiger partial charge on any atom is -0.339 e. The molecule has 0 aliphatic heterocycles. The molecule has 4 rings (SSSR count). The van der Waals surface area contributed by atoms with Gasteiger partial charge in [-0.1, -0.05) is 0 Å². The number of aryl methyl sites for hydroxylation is 3. The Kier molecular flexibility index (Phi) is 6.95. The quantitative estimate of drug-likeness (QED) is 0.535. The highest BCUT2D eigenvalue weighted by Crippen LogP contribution is 2.37. The van der Waals surface area contributed by atoms with Crippen LogP contribution in [-0.2, 0) is 25.3 Å². The molecule has 1 fully saturated rings. The fourth-order valence-corrected chi connectivity index (χ4v) is 4.48. The predicted molar refractivity (Wildman–Crippen MR) is 125 cm³/mol. The van der Waals surface area contributed by atoms with Crippen LogP contribution in [0.1, 0.15) is 53.0 Å². The highest BCUT2D eigenvalue weighted by molar-refractivity contribution is 6.00. The summed E-state index contributed by atoms with van der Waals surface area (Å²) >= 11 is 0. The van der Waals surface area contributed by atoms with E-state index in [1.54, 1.807) is 30.2 Å². The number of amides is 2. The molecule has 3 aromatic heterocycles. The van der Waals surface area contributed by atoms with Gasteiger partial charge < -0.3 is 10.6 Å². The van der Waals surface area contributed by atoms with Crippen LogP contribution in [-0.4, -0.2) is 48.3 Å². The first kappa shape index (κ1) is 24.5. The normalized spacial score (nSPS) is 16.6. The summed E-state index contributed by atoms with van der Waals surface area (Å²) in [4.78, 5) is 30.4. The third-order valence-corrected chi connectivity index (χ3v) is 6.57. The molecule has 1 saturated carbocycles. The smallest absolute Gasteiger partial charge is 0.270 e. The number of anilines is 1. The van der Waals surface area contributed by atoms with Gasteiger partial charge in [0.15, 0.2) is 0 Å². The fourth-order valence-electron chi connectivity index (χ4n) is 4.48. The molecule has 186 valence electrons. The van der Waals surface area contributed by atoms with Crippen molar-refractivity contribution in [3.63, 3.8) is 0 Å². The average Bonchev–Trinajstić information content (AvgIpc) is 3.38. The Morgan fingerprint density at radius 2 is 1.89 bits per heavy atom. The van der Waals surface area contributed by atoms with E-state index in [-0.39, 0.29) is 31.4 Å². The van der Waals surface area contributed by atoms with Gasteiger partial charge >= 0.3 is 0 Å². The van der Waals surface area contributed by atoms with Gasteiger partial charge in [-0.25, -0.2) is 13.8 Å². The Bertz CT molecular complexity index is 1190. The molecule has 9 nitrogen and oxygen atoms in total. The molecule has 1 unspecified atom stereocenters. The van der Waals surface area contributed by atoms with Crippen molar-refractivity contribution in [3.05, 3.63) is 59.3 Å². The Morgan fingerprint density at radius 1 is 1.14 bits per heavy atom. The van der Waals surface area contributed by atoms with Gasteiger partial charge in [-0.2, -0.15) is 10.2 Å². The molecule has 2 amide bonds. The number of carbonyl (C=O) groups excluding carboxylic acids is 2. The third kappa shape index (κ3) is 5.72. The summed E-state index contributed by atoms with van der Waals surface area (Å²) < 4.78 is 30.7.